The number of rotatable bonds is 2. The Kier molecular flexibility index (Phi) is 4.25. The topological polar surface area (TPSA) is 40.6 Å². The second-order valence-corrected chi connectivity index (χ2v) is 7.91. The summed E-state index contributed by atoms with van der Waals surface area (Å²) in [4.78, 5) is 29.0. The van der Waals surface area contributed by atoms with Gasteiger partial charge in [0.15, 0.2) is 0 Å². The average Bonchev–Trinajstić information content (AvgIpc) is 2.58. The zero-order chi connectivity index (χ0) is 16.7. The van der Waals surface area contributed by atoms with Crippen LogP contribution in [-0.2, 0) is 16.0 Å². The molecule has 0 radical (unpaired) electrons. The van der Waals surface area contributed by atoms with Crippen molar-refractivity contribution in [1.82, 2.24) is 9.80 Å². The molecule has 3 saturated heterocycles. The van der Waals surface area contributed by atoms with Gasteiger partial charge in [0.2, 0.25) is 11.8 Å². The van der Waals surface area contributed by atoms with Crippen molar-refractivity contribution < 1.29 is 9.59 Å². The van der Waals surface area contributed by atoms with Crippen molar-refractivity contribution in [3.8, 4) is 0 Å². The number of hydrogen-bond acceptors (Lipinski definition) is 2. The highest BCUT2D eigenvalue weighted by molar-refractivity contribution is 6.30. The van der Waals surface area contributed by atoms with Crippen LogP contribution in [0.4, 0.5) is 0 Å². The number of likely N-dealkylation sites (tertiary alicyclic amines) is 1. The van der Waals surface area contributed by atoms with E-state index >= 15 is 0 Å². The Morgan fingerprint density at radius 3 is 2.75 bits per heavy atom. The third-order valence-electron chi connectivity index (χ3n) is 5.80. The summed E-state index contributed by atoms with van der Waals surface area (Å²) in [6.45, 7) is 2.43. The van der Waals surface area contributed by atoms with Gasteiger partial charge in [-0.3, -0.25) is 9.59 Å². The molecule has 2 amide bonds. The summed E-state index contributed by atoms with van der Waals surface area (Å²) in [5.41, 5.74) is 1.01. The van der Waals surface area contributed by atoms with Crippen molar-refractivity contribution >= 4 is 23.4 Å². The molecule has 5 heteroatoms. The van der Waals surface area contributed by atoms with Crippen molar-refractivity contribution in [2.45, 2.75) is 38.1 Å². The quantitative estimate of drug-likeness (QED) is 0.826. The molecule has 0 aromatic heterocycles. The minimum atomic E-state index is 0.197. The molecule has 4 rings (SSSR count). The fourth-order valence-corrected chi connectivity index (χ4v) is 4.83. The van der Waals surface area contributed by atoms with Crippen LogP contribution in [0.2, 0.25) is 5.02 Å². The number of fused-ring (bicyclic) bond motifs is 4. The summed E-state index contributed by atoms with van der Waals surface area (Å²) < 4.78 is 0. The fraction of sp³-hybridized carbons (Fsp3) is 0.579. The first-order valence-electron chi connectivity index (χ1n) is 8.92. The Bertz CT molecular complexity index is 645. The molecule has 0 saturated carbocycles. The van der Waals surface area contributed by atoms with E-state index in [2.05, 4.69) is 4.90 Å². The molecule has 4 nitrogen and oxygen atoms in total. The van der Waals surface area contributed by atoms with Crippen molar-refractivity contribution in [3.63, 3.8) is 0 Å². The first kappa shape index (κ1) is 15.9. The van der Waals surface area contributed by atoms with Gasteiger partial charge in [0.1, 0.15) is 0 Å². The van der Waals surface area contributed by atoms with Gasteiger partial charge in [-0.15, -0.1) is 0 Å². The maximum atomic E-state index is 12.7. The minimum Gasteiger partial charge on any atom is -0.342 e. The van der Waals surface area contributed by atoms with Crippen LogP contribution in [0.5, 0.6) is 0 Å². The lowest BCUT2D eigenvalue weighted by molar-refractivity contribution is -0.148. The molecule has 0 spiro atoms. The molecular weight excluding hydrogens is 324 g/mol. The van der Waals surface area contributed by atoms with Crippen molar-refractivity contribution in [3.05, 3.63) is 34.9 Å². The maximum absolute atomic E-state index is 12.7. The minimum absolute atomic E-state index is 0.197. The number of carbonyl (C=O) groups is 2. The Balaban J connectivity index is 1.44. The van der Waals surface area contributed by atoms with Gasteiger partial charge in [-0.25, -0.2) is 0 Å². The molecule has 2 bridgehead atoms. The highest BCUT2D eigenvalue weighted by Crippen LogP contribution is 2.38. The maximum Gasteiger partial charge on any atom is 0.227 e. The van der Waals surface area contributed by atoms with Gasteiger partial charge in [0.25, 0.3) is 0 Å². The monoisotopic (exact) mass is 346 g/mol. The predicted molar refractivity (Wildman–Crippen MR) is 92.7 cm³/mol. The van der Waals surface area contributed by atoms with Crippen LogP contribution in [0, 0.1) is 11.8 Å². The Morgan fingerprint density at radius 1 is 1.17 bits per heavy atom. The van der Waals surface area contributed by atoms with E-state index in [0.29, 0.717) is 41.6 Å². The summed E-state index contributed by atoms with van der Waals surface area (Å²) in [5.74, 6) is 1.41. The summed E-state index contributed by atoms with van der Waals surface area (Å²) in [5, 5.41) is 0.695. The van der Waals surface area contributed by atoms with Crippen LogP contribution in [0.3, 0.4) is 0 Å². The van der Waals surface area contributed by atoms with Gasteiger partial charge in [0.05, 0.1) is 6.42 Å². The van der Waals surface area contributed by atoms with Crippen LogP contribution in [0.1, 0.15) is 31.2 Å². The molecular formula is C19H23ClN2O2. The number of nitrogens with zero attached hydrogens (tertiary/aromatic N) is 2. The Labute approximate surface area is 147 Å². The summed E-state index contributed by atoms with van der Waals surface area (Å²) in [6, 6.07) is 7.87. The zero-order valence-electron chi connectivity index (χ0n) is 13.8. The number of hydrogen-bond donors (Lipinski definition) is 0. The number of carbonyl (C=O) groups excluding carboxylic acids is 2. The predicted octanol–water partition coefficient (Wildman–Crippen LogP) is 2.74. The highest BCUT2D eigenvalue weighted by Gasteiger charge is 2.44. The van der Waals surface area contributed by atoms with E-state index in [1.54, 1.807) is 0 Å². The molecule has 2 unspecified atom stereocenters. The fourth-order valence-electron chi connectivity index (χ4n) is 4.70. The molecule has 24 heavy (non-hydrogen) atoms. The van der Waals surface area contributed by atoms with E-state index in [-0.39, 0.29) is 5.91 Å². The zero-order valence-corrected chi connectivity index (χ0v) is 14.5. The first-order valence-corrected chi connectivity index (χ1v) is 9.29. The van der Waals surface area contributed by atoms with E-state index in [4.69, 9.17) is 11.6 Å². The molecule has 128 valence electrons. The van der Waals surface area contributed by atoms with Crippen LogP contribution in [-0.4, -0.2) is 47.3 Å². The van der Waals surface area contributed by atoms with Crippen molar-refractivity contribution in [1.29, 1.82) is 0 Å². The van der Waals surface area contributed by atoms with E-state index < -0.39 is 0 Å². The lowest BCUT2D eigenvalue weighted by atomic mass is 9.76. The Morgan fingerprint density at radius 2 is 1.96 bits per heavy atom. The normalized spacial score (nSPS) is 29.4. The van der Waals surface area contributed by atoms with E-state index in [9.17, 15) is 9.59 Å². The van der Waals surface area contributed by atoms with Gasteiger partial charge in [0, 0.05) is 37.1 Å². The SMILES string of the molecule is O=C(Cc1ccc(Cl)cc1)N1CC2CC(C1)[C@H]1CCCC(=O)N1C2. The lowest BCUT2D eigenvalue weighted by Crippen LogP contribution is -2.61. The van der Waals surface area contributed by atoms with E-state index in [0.717, 1.165) is 38.0 Å². The molecule has 0 aliphatic carbocycles. The van der Waals surface area contributed by atoms with Crippen molar-refractivity contribution in [2.24, 2.45) is 11.8 Å². The number of amides is 2. The van der Waals surface area contributed by atoms with Gasteiger partial charge in [-0.1, -0.05) is 23.7 Å². The molecule has 3 atom stereocenters. The first-order chi connectivity index (χ1) is 11.6. The highest BCUT2D eigenvalue weighted by atomic mass is 35.5. The molecule has 1 aromatic rings. The van der Waals surface area contributed by atoms with E-state index in [1.165, 1.54) is 6.42 Å². The van der Waals surface area contributed by atoms with Crippen molar-refractivity contribution in [2.75, 3.05) is 19.6 Å². The van der Waals surface area contributed by atoms with Gasteiger partial charge >= 0.3 is 0 Å². The van der Waals surface area contributed by atoms with Gasteiger partial charge in [-0.2, -0.15) is 0 Å². The summed E-state index contributed by atoms with van der Waals surface area (Å²) >= 11 is 5.91. The van der Waals surface area contributed by atoms with Crippen LogP contribution in [0.25, 0.3) is 0 Å². The number of piperidine rings is 3. The smallest absolute Gasteiger partial charge is 0.227 e. The number of halogens is 1. The Hall–Kier alpha value is -1.55. The molecule has 3 aliphatic heterocycles. The standard InChI is InChI=1S/C19H23ClN2O2/c20-16-6-4-13(5-7-16)9-19(24)21-10-14-8-15(12-21)17-2-1-3-18(23)22(17)11-14/h4-7,14-15,17H,1-3,8-12H2/t14?,15?,17-/m1/s1. The largest absolute Gasteiger partial charge is 0.342 e. The van der Waals surface area contributed by atoms with Crippen LogP contribution >= 0.6 is 11.6 Å². The molecule has 3 aliphatic rings. The third-order valence-corrected chi connectivity index (χ3v) is 6.05. The molecule has 0 N–H and O–H groups in total. The molecule has 3 fully saturated rings. The second kappa shape index (κ2) is 6.40. The summed E-state index contributed by atoms with van der Waals surface area (Å²) in [7, 11) is 0. The third kappa shape index (κ3) is 3.04. The molecule has 3 heterocycles. The number of benzene rings is 1. The molecule has 1 aromatic carbocycles. The average molecular weight is 347 g/mol. The van der Waals surface area contributed by atoms with E-state index in [1.807, 2.05) is 29.2 Å². The summed E-state index contributed by atoms with van der Waals surface area (Å²) in [6.07, 6.45) is 4.40. The van der Waals surface area contributed by atoms with Crippen LogP contribution in [0.15, 0.2) is 24.3 Å². The van der Waals surface area contributed by atoms with Gasteiger partial charge < -0.3 is 9.80 Å². The van der Waals surface area contributed by atoms with Gasteiger partial charge in [-0.05, 0) is 48.8 Å². The second-order valence-electron chi connectivity index (χ2n) is 7.47. The lowest BCUT2D eigenvalue weighted by Gasteiger charge is -2.52. The van der Waals surface area contributed by atoms with Crippen LogP contribution < -0.4 is 0 Å².